The van der Waals surface area contributed by atoms with Gasteiger partial charge < -0.3 is 20.0 Å². The summed E-state index contributed by atoms with van der Waals surface area (Å²) in [4.78, 5) is 49.0. The first-order valence-electron chi connectivity index (χ1n) is 7.96. The lowest BCUT2D eigenvalue weighted by atomic mass is 10.1. The minimum absolute atomic E-state index is 0.112. The highest BCUT2D eigenvalue weighted by Crippen LogP contribution is 2.21. The summed E-state index contributed by atoms with van der Waals surface area (Å²) in [5.41, 5.74) is 0. The van der Waals surface area contributed by atoms with E-state index in [2.05, 4.69) is 0 Å². The standard InChI is InChI=1S/C15H22N2O6/c18-12(16-8-2-4-10(16)14(20)21)6-1-7-13(19)17-9-3-5-11(17)15(22)23/h10-11H,1-9H2,(H,20,21)(H,22,23). The van der Waals surface area contributed by atoms with Crippen molar-refractivity contribution in [3.8, 4) is 0 Å². The van der Waals surface area contributed by atoms with Gasteiger partial charge in [-0.15, -0.1) is 0 Å². The molecule has 0 spiro atoms. The fourth-order valence-electron chi connectivity index (χ4n) is 3.32. The Hall–Kier alpha value is -2.12. The molecule has 23 heavy (non-hydrogen) atoms. The van der Waals surface area contributed by atoms with Gasteiger partial charge in [-0.25, -0.2) is 9.59 Å². The van der Waals surface area contributed by atoms with Gasteiger partial charge in [-0.1, -0.05) is 0 Å². The predicted octanol–water partition coefficient (Wildman–Crippen LogP) is 0.308. The van der Waals surface area contributed by atoms with Crippen molar-refractivity contribution in [1.29, 1.82) is 0 Å². The minimum atomic E-state index is -0.992. The number of nitrogens with zero attached hydrogens (tertiary/aromatic N) is 2. The van der Waals surface area contributed by atoms with Crippen LogP contribution in [0.1, 0.15) is 44.9 Å². The smallest absolute Gasteiger partial charge is 0.326 e. The van der Waals surface area contributed by atoms with Gasteiger partial charge in [-0.2, -0.15) is 0 Å². The van der Waals surface area contributed by atoms with Gasteiger partial charge in [-0.3, -0.25) is 9.59 Å². The predicted molar refractivity (Wildman–Crippen MR) is 78.6 cm³/mol. The Morgan fingerprint density at radius 2 is 1.17 bits per heavy atom. The van der Waals surface area contributed by atoms with E-state index in [1.54, 1.807) is 0 Å². The number of carbonyl (C=O) groups is 4. The van der Waals surface area contributed by atoms with Crippen LogP contribution in [0.5, 0.6) is 0 Å². The summed E-state index contributed by atoms with van der Waals surface area (Å²) in [6, 6.07) is -1.51. The van der Waals surface area contributed by atoms with Gasteiger partial charge in [0.05, 0.1) is 0 Å². The number of carboxylic acids is 2. The molecule has 2 fully saturated rings. The third-order valence-corrected chi connectivity index (χ3v) is 4.50. The molecule has 2 saturated heterocycles. The average Bonchev–Trinajstić information content (AvgIpc) is 3.15. The first kappa shape index (κ1) is 17.2. The Morgan fingerprint density at radius 3 is 1.52 bits per heavy atom. The van der Waals surface area contributed by atoms with Crippen LogP contribution in [0.3, 0.4) is 0 Å². The Kier molecular flexibility index (Phi) is 5.57. The molecule has 0 aromatic heterocycles. The number of carbonyl (C=O) groups excluding carboxylic acids is 2. The molecule has 0 saturated carbocycles. The molecule has 0 aliphatic carbocycles. The molecule has 128 valence electrons. The van der Waals surface area contributed by atoms with E-state index >= 15 is 0 Å². The summed E-state index contributed by atoms with van der Waals surface area (Å²) >= 11 is 0. The number of hydrogen-bond donors (Lipinski definition) is 2. The molecule has 2 aliphatic heterocycles. The zero-order valence-electron chi connectivity index (χ0n) is 12.9. The summed E-state index contributed by atoms with van der Waals surface area (Å²) in [5.74, 6) is -2.49. The zero-order valence-corrected chi connectivity index (χ0v) is 12.9. The Labute approximate surface area is 134 Å². The van der Waals surface area contributed by atoms with Gasteiger partial charge in [0.25, 0.3) is 0 Å². The zero-order chi connectivity index (χ0) is 17.0. The number of likely N-dealkylation sites (tertiary alicyclic amines) is 2. The molecular weight excluding hydrogens is 304 g/mol. The maximum absolute atomic E-state index is 12.1. The highest BCUT2D eigenvalue weighted by atomic mass is 16.4. The van der Waals surface area contributed by atoms with E-state index in [0.717, 1.165) is 0 Å². The fraction of sp³-hybridized carbons (Fsp3) is 0.733. The molecule has 2 heterocycles. The van der Waals surface area contributed by atoms with Crippen molar-refractivity contribution < 1.29 is 29.4 Å². The lowest BCUT2D eigenvalue weighted by Gasteiger charge is -2.23. The van der Waals surface area contributed by atoms with Crippen LogP contribution in [0.2, 0.25) is 0 Å². The van der Waals surface area contributed by atoms with Crippen LogP contribution < -0.4 is 0 Å². The molecule has 8 nitrogen and oxygen atoms in total. The van der Waals surface area contributed by atoms with Crippen molar-refractivity contribution in [2.24, 2.45) is 0 Å². The lowest BCUT2D eigenvalue weighted by molar-refractivity contribution is -0.149. The molecule has 0 radical (unpaired) electrons. The van der Waals surface area contributed by atoms with Crippen LogP contribution in [-0.4, -0.2) is 68.9 Å². The highest BCUT2D eigenvalue weighted by molar-refractivity contribution is 5.86. The van der Waals surface area contributed by atoms with Crippen molar-refractivity contribution in [1.82, 2.24) is 9.80 Å². The third kappa shape index (κ3) is 4.00. The number of carboxylic acid groups (broad SMARTS) is 2. The van der Waals surface area contributed by atoms with Crippen molar-refractivity contribution in [2.45, 2.75) is 57.0 Å². The molecule has 2 unspecified atom stereocenters. The van der Waals surface area contributed by atoms with E-state index in [1.165, 1.54) is 9.80 Å². The lowest BCUT2D eigenvalue weighted by Crippen LogP contribution is -2.41. The second-order valence-electron chi connectivity index (χ2n) is 6.02. The topological polar surface area (TPSA) is 115 Å². The van der Waals surface area contributed by atoms with Crippen molar-refractivity contribution in [3.05, 3.63) is 0 Å². The quantitative estimate of drug-likeness (QED) is 0.726. The molecular formula is C15H22N2O6. The number of rotatable bonds is 6. The van der Waals surface area contributed by atoms with Gasteiger partial charge in [-0.05, 0) is 32.1 Å². The second-order valence-corrected chi connectivity index (χ2v) is 6.02. The monoisotopic (exact) mass is 326 g/mol. The van der Waals surface area contributed by atoms with Crippen LogP contribution in [0, 0.1) is 0 Å². The molecule has 2 amide bonds. The van der Waals surface area contributed by atoms with E-state index in [1.807, 2.05) is 0 Å². The summed E-state index contributed by atoms with van der Waals surface area (Å²) in [7, 11) is 0. The highest BCUT2D eigenvalue weighted by Gasteiger charge is 2.35. The van der Waals surface area contributed by atoms with Crippen LogP contribution in [0.15, 0.2) is 0 Å². The summed E-state index contributed by atoms with van der Waals surface area (Å²) in [5, 5.41) is 18.1. The third-order valence-electron chi connectivity index (χ3n) is 4.50. The Morgan fingerprint density at radius 1 is 0.783 bits per heavy atom. The fourth-order valence-corrected chi connectivity index (χ4v) is 3.32. The van der Waals surface area contributed by atoms with Gasteiger partial charge in [0.15, 0.2) is 0 Å². The first-order chi connectivity index (χ1) is 10.9. The molecule has 2 aliphatic rings. The second kappa shape index (κ2) is 7.43. The van der Waals surface area contributed by atoms with Gasteiger partial charge >= 0.3 is 11.9 Å². The van der Waals surface area contributed by atoms with Crippen molar-refractivity contribution in [2.75, 3.05) is 13.1 Å². The first-order valence-corrected chi connectivity index (χ1v) is 7.96. The molecule has 0 aromatic carbocycles. The summed E-state index contributed by atoms with van der Waals surface area (Å²) in [6.45, 7) is 0.883. The van der Waals surface area contributed by atoms with E-state index < -0.39 is 24.0 Å². The summed E-state index contributed by atoms with van der Waals surface area (Å²) < 4.78 is 0. The average molecular weight is 326 g/mol. The van der Waals surface area contributed by atoms with Crippen LogP contribution in [0.4, 0.5) is 0 Å². The van der Waals surface area contributed by atoms with E-state index in [4.69, 9.17) is 10.2 Å². The Bertz CT molecular complexity index is 462. The van der Waals surface area contributed by atoms with E-state index in [9.17, 15) is 19.2 Å². The molecule has 2 N–H and O–H groups in total. The number of hydrogen-bond acceptors (Lipinski definition) is 4. The molecule has 2 rings (SSSR count). The minimum Gasteiger partial charge on any atom is -0.480 e. The Balaban J connectivity index is 1.78. The van der Waals surface area contributed by atoms with Gasteiger partial charge in [0.1, 0.15) is 12.1 Å². The molecule has 0 aromatic rings. The van der Waals surface area contributed by atoms with Crippen molar-refractivity contribution >= 4 is 23.8 Å². The van der Waals surface area contributed by atoms with Gasteiger partial charge in [0.2, 0.25) is 11.8 Å². The molecule has 2 atom stereocenters. The number of amides is 2. The van der Waals surface area contributed by atoms with Crippen LogP contribution >= 0.6 is 0 Å². The summed E-state index contributed by atoms with van der Waals surface area (Å²) in [6.07, 6.45) is 2.82. The molecule has 0 bridgehead atoms. The number of aliphatic carboxylic acids is 2. The molecule has 8 heteroatoms. The SMILES string of the molecule is O=C(O)C1CCCN1C(=O)CCCC(=O)N1CCCC1C(=O)O. The van der Waals surface area contributed by atoms with Crippen LogP contribution in [-0.2, 0) is 19.2 Å². The van der Waals surface area contributed by atoms with Crippen LogP contribution in [0.25, 0.3) is 0 Å². The maximum atomic E-state index is 12.1. The largest absolute Gasteiger partial charge is 0.480 e. The van der Waals surface area contributed by atoms with Crippen molar-refractivity contribution in [3.63, 3.8) is 0 Å². The van der Waals surface area contributed by atoms with Gasteiger partial charge in [0, 0.05) is 25.9 Å². The normalized spacial score (nSPS) is 24.0. The maximum Gasteiger partial charge on any atom is 0.326 e. The van der Waals surface area contributed by atoms with E-state index in [-0.39, 0.29) is 24.7 Å². The van der Waals surface area contributed by atoms with E-state index in [0.29, 0.717) is 45.2 Å².